The highest BCUT2D eigenvalue weighted by Crippen LogP contribution is 2.24. The molecule has 112 valence electrons. The van der Waals surface area contributed by atoms with Crippen LogP contribution in [0.25, 0.3) is 0 Å². The third kappa shape index (κ3) is 2.69. The summed E-state index contributed by atoms with van der Waals surface area (Å²) in [5, 5.41) is 14.0. The van der Waals surface area contributed by atoms with Crippen LogP contribution in [0.15, 0.2) is 12.3 Å². The van der Waals surface area contributed by atoms with Gasteiger partial charge in [-0.3, -0.25) is 15.0 Å². The van der Waals surface area contributed by atoms with Gasteiger partial charge in [0.15, 0.2) is 0 Å². The van der Waals surface area contributed by atoms with Crippen molar-refractivity contribution in [2.45, 2.75) is 26.3 Å². The molecule has 1 atom stereocenters. The predicted molar refractivity (Wildman–Crippen MR) is 75.6 cm³/mol. The molecular formula is C14H19N5O2. The summed E-state index contributed by atoms with van der Waals surface area (Å²) >= 11 is 0. The van der Waals surface area contributed by atoms with Crippen LogP contribution in [0.5, 0.6) is 0 Å². The lowest BCUT2D eigenvalue weighted by Gasteiger charge is -2.35. The van der Waals surface area contributed by atoms with E-state index in [9.17, 15) is 4.79 Å². The molecule has 0 radical (unpaired) electrons. The largest absolute Gasteiger partial charge is 0.377 e. The number of aryl methyl sites for hydroxylation is 2. The van der Waals surface area contributed by atoms with E-state index in [1.165, 1.54) is 0 Å². The van der Waals surface area contributed by atoms with Gasteiger partial charge in [-0.2, -0.15) is 10.2 Å². The molecule has 1 saturated heterocycles. The van der Waals surface area contributed by atoms with Gasteiger partial charge in [0, 0.05) is 24.0 Å². The zero-order valence-corrected chi connectivity index (χ0v) is 12.2. The molecule has 0 aliphatic carbocycles. The second-order valence-corrected chi connectivity index (χ2v) is 5.28. The molecule has 0 spiro atoms. The zero-order chi connectivity index (χ0) is 14.8. The number of rotatable bonds is 3. The third-order valence-electron chi connectivity index (χ3n) is 3.94. The van der Waals surface area contributed by atoms with Crippen LogP contribution in [0.4, 0.5) is 0 Å². The maximum Gasteiger partial charge on any atom is 0.227 e. The van der Waals surface area contributed by atoms with Gasteiger partial charge in [0.25, 0.3) is 0 Å². The Bertz CT molecular complexity index is 600. The highest BCUT2D eigenvalue weighted by molar-refractivity contribution is 5.79. The van der Waals surface area contributed by atoms with Gasteiger partial charge >= 0.3 is 0 Å². The fraction of sp³-hybridized carbons (Fsp3) is 0.500. The van der Waals surface area contributed by atoms with Crippen LogP contribution in [-0.4, -0.2) is 51.0 Å². The van der Waals surface area contributed by atoms with Gasteiger partial charge in [-0.05, 0) is 19.9 Å². The molecule has 2 aromatic heterocycles. The summed E-state index contributed by atoms with van der Waals surface area (Å²) in [6.07, 6.45) is 2.05. The molecule has 2 aromatic rings. The Morgan fingerprint density at radius 1 is 1.48 bits per heavy atom. The van der Waals surface area contributed by atoms with E-state index >= 15 is 0 Å². The molecule has 1 amide bonds. The summed E-state index contributed by atoms with van der Waals surface area (Å²) in [6.45, 7) is 5.52. The third-order valence-corrected chi connectivity index (χ3v) is 3.94. The molecule has 7 nitrogen and oxygen atoms in total. The number of aromatic nitrogens is 4. The smallest absolute Gasteiger partial charge is 0.227 e. The van der Waals surface area contributed by atoms with Gasteiger partial charge in [-0.1, -0.05) is 0 Å². The Balaban J connectivity index is 1.79. The molecule has 0 aromatic carbocycles. The van der Waals surface area contributed by atoms with E-state index in [1.54, 1.807) is 6.20 Å². The van der Waals surface area contributed by atoms with Gasteiger partial charge in [0.2, 0.25) is 5.91 Å². The first-order valence-corrected chi connectivity index (χ1v) is 7.03. The lowest BCUT2D eigenvalue weighted by atomic mass is 10.1. The minimum absolute atomic E-state index is 0.0884. The highest BCUT2D eigenvalue weighted by atomic mass is 16.5. The lowest BCUT2D eigenvalue weighted by molar-refractivity contribution is -0.139. The summed E-state index contributed by atoms with van der Waals surface area (Å²) in [5.41, 5.74) is 3.72. The Morgan fingerprint density at radius 2 is 2.33 bits per heavy atom. The van der Waals surface area contributed by atoms with Crippen molar-refractivity contribution >= 4 is 5.91 Å². The summed E-state index contributed by atoms with van der Waals surface area (Å²) < 4.78 is 5.51. The van der Waals surface area contributed by atoms with Crippen molar-refractivity contribution in [3.63, 3.8) is 0 Å². The molecule has 7 heteroatoms. The van der Waals surface area contributed by atoms with Crippen molar-refractivity contribution in [3.05, 3.63) is 34.9 Å². The van der Waals surface area contributed by atoms with E-state index in [4.69, 9.17) is 4.74 Å². The van der Waals surface area contributed by atoms with Crippen LogP contribution in [0, 0.1) is 13.8 Å². The molecule has 1 aliphatic rings. The summed E-state index contributed by atoms with van der Waals surface area (Å²) in [4.78, 5) is 14.5. The van der Waals surface area contributed by atoms with Crippen molar-refractivity contribution in [1.82, 2.24) is 25.3 Å². The number of nitrogens with one attached hydrogen (secondary N) is 2. The summed E-state index contributed by atoms with van der Waals surface area (Å²) in [5.74, 6) is 0.0884. The molecule has 3 rings (SSSR count). The quantitative estimate of drug-likeness (QED) is 0.878. The van der Waals surface area contributed by atoms with Crippen molar-refractivity contribution in [2.24, 2.45) is 0 Å². The van der Waals surface area contributed by atoms with Crippen LogP contribution < -0.4 is 0 Å². The normalized spacial score (nSPS) is 19.0. The van der Waals surface area contributed by atoms with E-state index in [2.05, 4.69) is 20.4 Å². The van der Waals surface area contributed by atoms with E-state index < -0.39 is 0 Å². The van der Waals surface area contributed by atoms with Gasteiger partial charge < -0.3 is 9.64 Å². The summed E-state index contributed by atoms with van der Waals surface area (Å²) in [6, 6.07) is 1.79. The minimum atomic E-state index is -0.0961. The van der Waals surface area contributed by atoms with Crippen LogP contribution in [0.1, 0.15) is 28.7 Å². The average molecular weight is 289 g/mol. The second-order valence-electron chi connectivity index (χ2n) is 5.28. The number of carbonyl (C=O) groups is 1. The average Bonchev–Trinajstić information content (AvgIpc) is 3.13. The van der Waals surface area contributed by atoms with Crippen LogP contribution in [0.2, 0.25) is 0 Å². The zero-order valence-electron chi connectivity index (χ0n) is 12.2. The minimum Gasteiger partial charge on any atom is -0.377 e. The fourth-order valence-corrected chi connectivity index (χ4v) is 2.70. The van der Waals surface area contributed by atoms with E-state index in [-0.39, 0.29) is 11.9 Å². The summed E-state index contributed by atoms with van der Waals surface area (Å²) in [7, 11) is 0. The number of hydrogen-bond acceptors (Lipinski definition) is 4. The number of aromatic amines is 2. The standard InChI is InChI=1S/C14H19N5O2/c1-9-11(10(2)17-16-9)7-14(20)19-5-6-21-8-13(19)12-3-4-15-18-12/h3-4,13H,5-8H2,1-2H3,(H,15,18)(H,16,17). The Labute approximate surface area is 122 Å². The molecule has 3 heterocycles. The maximum absolute atomic E-state index is 12.7. The number of carbonyl (C=O) groups excluding carboxylic acids is 1. The Morgan fingerprint density at radius 3 is 3.00 bits per heavy atom. The number of nitrogens with zero attached hydrogens (tertiary/aromatic N) is 3. The number of ether oxygens (including phenoxy) is 1. The molecular weight excluding hydrogens is 270 g/mol. The first kappa shape index (κ1) is 13.8. The van der Waals surface area contributed by atoms with E-state index in [0.717, 1.165) is 22.6 Å². The molecule has 0 saturated carbocycles. The Kier molecular flexibility index (Phi) is 3.74. The molecule has 1 aliphatic heterocycles. The van der Waals surface area contributed by atoms with Crippen LogP contribution in [0.3, 0.4) is 0 Å². The molecule has 2 N–H and O–H groups in total. The molecule has 1 fully saturated rings. The van der Waals surface area contributed by atoms with Crippen molar-refractivity contribution in [3.8, 4) is 0 Å². The monoisotopic (exact) mass is 289 g/mol. The topological polar surface area (TPSA) is 86.9 Å². The first-order chi connectivity index (χ1) is 10.2. The van der Waals surface area contributed by atoms with Crippen molar-refractivity contribution in [2.75, 3.05) is 19.8 Å². The van der Waals surface area contributed by atoms with Crippen LogP contribution >= 0.6 is 0 Å². The lowest BCUT2D eigenvalue weighted by Crippen LogP contribution is -2.44. The van der Waals surface area contributed by atoms with Gasteiger partial charge in [-0.15, -0.1) is 0 Å². The molecule has 1 unspecified atom stereocenters. The van der Waals surface area contributed by atoms with E-state index in [0.29, 0.717) is 26.2 Å². The maximum atomic E-state index is 12.7. The molecule has 0 bridgehead atoms. The fourth-order valence-electron chi connectivity index (χ4n) is 2.70. The van der Waals surface area contributed by atoms with Crippen LogP contribution in [-0.2, 0) is 16.0 Å². The highest BCUT2D eigenvalue weighted by Gasteiger charge is 2.30. The number of amides is 1. The molecule has 21 heavy (non-hydrogen) atoms. The number of hydrogen-bond donors (Lipinski definition) is 2. The van der Waals surface area contributed by atoms with Gasteiger partial charge in [0.1, 0.15) is 0 Å². The second kappa shape index (κ2) is 5.69. The van der Waals surface area contributed by atoms with Gasteiger partial charge in [0.05, 0.1) is 37.1 Å². The first-order valence-electron chi connectivity index (χ1n) is 7.03. The number of morpholine rings is 1. The van der Waals surface area contributed by atoms with Crippen molar-refractivity contribution < 1.29 is 9.53 Å². The number of H-pyrrole nitrogens is 2. The predicted octanol–water partition coefficient (Wildman–Crippen LogP) is 0.892. The van der Waals surface area contributed by atoms with Crippen molar-refractivity contribution in [1.29, 1.82) is 0 Å². The van der Waals surface area contributed by atoms with E-state index in [1.807, 2.05) is 24.8 Å². The SMILES string of the molecule is Cc1n[nH]c(C)c1CC(=O)N1CCOCC1c1ccn[nH]1. The van der Waals surface area contributed by atoms with Gasteiger partial charge in [-0.25, -0.2) is 0 Å². The Hall–Kier alpha value is -2.15.